The van der Waals surface area contributed by atoms with Gasteiger partial charge >= 0.3 is 6.03 Å². The molecule has 1 fully saturated rings. The smallest absolute Gasteiger partial charge is 0.315 e. The second kappa shape index (κ2) is 10.2. The number of urea groups is 1. The molecule has 7 heteroatoms. The van der Waals surface area contributed by atoms with E-state index in [0.717, 1.165) is 50.8 Å². The van der Waals surface area contributed by atoms with Gasteiger partial charge < -0.3 is 20.3 Å². The van der Waals surface area contributed by atoms with Gasteiger partial charge in [-0.3, -0.25) is 4.90 Å². The molecule has 1 aliphatic heterocycles. The maximum atomic E-state index is 12.0. The summed E-state index contributed by atoms with van der Waals surface area (Å²) >= 11 is 0. The molecule has 0 aliphatic carbocycles. The number of ether oxygens (including phenoxy) is 1. The number of amides is 2. The summed E-state index contributed by atoms with van der Waals surface area (Å²) in [7, 11) is 0. The van der Waals surface area contributed by atoms with E-state index in [4.69, 9.17) is 4.74 Å². The van der Waals surface area contributed by atoms with E-state index >= 15 is 0 Å². The third-order valence-corrected chi connectivity index (χ3v) is 4.58. The van der Waals surface area contributed by atoms with E-state index in [1.807, 2.05) is 18.3 Å². The lowest BCUT2D eigenvalue weighted by atomic mass is 10.2. The quantitative estimate of drug-likeness (QED) is 0.743. The van der Waals surface area contributed by atoms with Crippen molar-refractivity contribution >= 4 is 11.8 Å². The van der Waals surface area contributed by atoms with Crippen LogP contribution in [0.3, 0.4) is 0 Å². The zero-order chi connectivity index (χ0) is 18.1. The molecular weight excluding hydrogens is 318 g/mol. The first-order chi connectivity index (χ1) is 12.1. The first kappa shape index (κ1) is 19.5. The third-order valence-electron chi connectivity index (χ3n) is 4.58. The van der Waals surface area contributed by atoms with Gasteiger partial charge in [-0.2, -0.15) is 0 Å². The lowest BCUT2D eigenvalue weighted by Crippen LogP contribution is -2.48. The zero-order valence-electron chi connectivity index (χ0n) is 15.6. The summed E-state index contributed by atoms with van der Waals surface area (Å²) in [5.74, 6) is 0.970. The van der Waals surface area contributed by atoms with Crippen LogP contribution in [0.2, 0.25) is 0 Å². The highest BCUT2D eigenvalue weighted by Crippen LogP contribution is 2.10. The molecule has 25 heavy (non-hydrogen) atoms. The summed E-state index contributed by atoms with van der Waals surface area (Å²) < 4.78 is 5.35. The lowest BCUT2D eigenvalue weighted by Gasteiger charge is -2.32. The number of carbonyl (C=O) groups is 1. The standard InChI is InChI=1S/C18H31N5O2/c1-4-22(5-2)17-7-6-16(13-19-17)14-21-18(24)20-12-15(3)23-8-10-25-11-9-23/h6-7,13,15H,4-5,8-12,14H2,1-3H3,(H2,20,21,24)/t15-/m0/s1. The number of pyridine rings is 1. The van der Waals surface area contributed by atoms with Crippen molar-refractivity contribution in [1.29, 1.82) is 0 Å². The van der Waals surface area contributed by atoms with Crippen LogP contribution in [0.1, 0.15) is 26.3 Å². The second-order valence-electron chi connectivity index (χ2n) is 6.26. The van der Waals surface area contributed by atoms with E-state index in [1.165, 1.54) is 0 Å². The van der Waals surface area contributed by atoms with Gasteiger partial charge in [0, 0.05) is 51.5 Å². The van der Waals surface area contributed by atoms with Gasteiger partial charge in [-0.15, -0.1) is 0 Å². The Kier molecular flexibility index (Phi) is 7.94. The fourth-order valence-electron chi connectivity index (χ4n) is 2.89. The van der Waals surface area contributed by atoms with E-state index in [-0.39, 0.29) is 6.03 Å². The van der Waals surface area contributed by atoms with E-state index in [1.54, 1.807) is 0 Å². The molecular formula is C18H31N5O2. The van der Waals surface area contributed by atoms with Gasteiger partial charge in [0.15, 0.2) is 0 Å². The van der Waals surface area contributed by atoms with E-state index in [2.05, 4.69) is 46.2 Å². The van der Waals surface area contributed by atoms with Crippen LogP contribution >= 0.6 is 0 Å². The molecule has 140 valence electrons. The highest BCUT2D eigenvalue weighted by Gasteiger charge is 2.17. The minimum atomic E-state index is -0.145. The van der Waals surface area contributed by atoms with E-state index in [9.17, 15) is 4.79 Å². The average Bonchev–Trinajstić information content (AvgIpc) is 2.67. The SMILES string of the molecule is CCN(CC)c1ccc(CNC(=O)NC[C@H](C)N2CCOCC2)cn1. The zero-order valence-corrected chi connectivity index (χ0v) is 15.6. The number of anilines is 1. The van der Waals surface area contributed by atoms with Crippen molar-refractivity contribution in [1.82, 2.24) is 20.5 Å². The highest BCUT2D eigenvalue weighted by atomic mass is 16.5. The summed E-state index contributed by atoms with van der Waals surface area (Å²) in [6.07, 6.45) is 1.82. The molecule has 0 aromatic carbocycles. The van der Waals surface area contributed by atoms with Crippen molar-refractivity contribution in [2.45, 2.75) is 33.4 Å². The van der Waals surface area contributed by atoms with Gasteiger partial charge in [0.2, 0.25) is 0 Å². The number of hydrogen-bond donors (Lipinski definition) is 2. The molecule has 7 nitrogen and oxygen atoms in total. The first-order valence-corrected chi connectivity index (χ1v) is 9.17. The number of nitrogens with zero attached hydrogens (tertiary/aromatic N) is 3. The van der Waals surface area contributed by atoms with Crippen LogP contribution in [-0.2, 0) is 11.3 Å². The van der Waals surface area contributed by atoms with Crippen molar-refractivity contribution < 1.29 is 9.53 Å². The van der Waals surface area contributed by atoms with Crippen LogP contribution in [0.15, 0.2) is 18.3 Å². The molecule has 2 heterocycles. The van der Waals surface area contributed by atoms with Gasteiger partial charge in [0.05, 0.1) is 13.2 Å². The van der Waals surface area contributed by atoms with E-state index < -0.39 is 0 Å². The van der Waals surface area contributed by atoms with Gasteiger partial charge in [-0.05, 0) is 32.4 Å². The predicted octanol–water partition coefficient (Wildman–Crippen LogP) is 1.45. The Morgan fingerprint density at radius 2 is 2.00 bits per heavy atom. The average molecular weight is 349 g/mol. The van der Waals surface area contributed by atoms with Crippen molar-refractivity contribution in [3.05, 3.63) is 23.9 Å². The van der Waals surface area contributed by atoms with E-state index in [0.29, 0.717) is 19.1 Å². The maximum Gasteiger partial charge on any atom is 0.315 e. The molecule has 1 aromatic heterocycles. The Morgan fingerprint density at radius 3 is 2.60 bits per heavy atom. The Balaban J connectivity index is 1.70. The van der Waals surface area contributed by atoms with Gasteiger partial charge in [0.25, 0.3) is 0 Å². The number of hydrogen-bond acceptors (Lipinski definition) is 5. The lowest BCUT2D eigenvalue weighted by molar-refractivity contribution is 0.0209. The molecule has 1 saturated heterocycles. The summed E-state index contributed by atoms with van der Waals surface area (Å²) in [5, 5.41) is 5.82. The van der Waals surface area contributed by atoms with Gasteiger partial charge in [-0.25, -0.2) is 9.78 Å². The summed E-state index contributed by atoms with van der Waals surface area (Å²) in [4.78, 5) is 21.0. The Morgan fingerprint density at radius 1 is 1.28 bits per heavy atom. The molecule has 1 aromatic rings. The Hall–Kier alpha value is -1.86. The van der Waals surface area contributed by atoms with Crippen molar-refractivity contribution in [3.63, 3.8) is 0 Å². The topological polar surface area (TPSA) is 69.7 Å². The molecule has 2 amide bonds. The molecule has 0 radical (unpaired) electrons. The number of aromatic nitrogens is 1. The number of morpholine rings is 1. The molecule has 0 bridgehead atoms. The van der Waals surface area contributed by atoms with Crippen LogP contribution in [-0.4, -0.2) is 67.9 Å². The number of carbonyl (C=O) groups excluding carboxylic acids is 1. The molecule has 0 spiro atoms. The maximum absolute atomic E-state index is 12.0. The van der Waals surface area contributed by atoms with Crippen LogP contribution in [0, 0.1) is 0 Å². The van der Waals surface area contributed by atoms with Crippen molar-refractivity contribution in [2.24, 2.45) is 0 Å². The summed E-state index contributed by atoms with van der Waals surface area (Å²) in [5.41, 5.74) is 0.993. The normalized spacial score (nSPS) is 16.3. The molecule has 0 saturated carbocycles. The Labute approximate surface area is 150 Å². The molecule has 0 unspecified atom stereocenters. The highest BCUT2D eigenvalue weighted by molar-refractivity contribution is 5.73. The largest absolute Gasteiger partial charge is 0.379 e. The first-order valence-electron chi connectivity index (χ1n) is 9.17. The monoisotopic (exact) mass is 349 g/mol. The molecule has 1 aliphatic rings. The number of rotatable bonds is 8. The fourth-order valence-corrected chi connectivity index (χ4v) is 2.89. The van der Waals surface area contributed by atoms with Crippen LogP contribution < -0.4 is 15.5 Å². The summed E-state index contributed by atoms with van der Waals surface area (Å²) in [6.45, 7) is 12.7. The van der Waals surface area contributed by atoms with Crippen LogP contribution in [0.4, 0.5) is 10.6 Å². The number of nitrogens with one attached hydrogen (secondary N) is 2. The summed E-state index contributed by atoms with van der Waals surface area (Å²) in [6, 6.07) is 4.18. The molecule has 2 N–H and O–H groups in total. The molecule has 2 rings (SSSR count). The molecule has 1 atom stereocenters. The van der Waals surface area contributed by atoms with Crippen LogP contribution in [0.5, 0.6) is 0 Å². The van der Waals surface area contributed by atoms with Gasteiger partial charge in [0.1, 0.15) is 5.82 Å². The fraction of sp³-hybridized carbons (Fsp3) is 0.667. The Bertz CT molecular complexity index is 513. The predicted molar refractivity (Wildman–Crippen MR) is 99.9 cm³/mol. The van der Waals surface area contributed by atoms with Gasteiger partial charge in [-0.1, -0.05) is 6.07 Å². The minimum absolute atomic E-state index is 0.145. The van der Waals surface area contributed by atoms with Crippen molar-refractivity contribution in [2.75, 3.05) is 50.8 Å². The second-order valence-corrected chi connectivity index (χ2v) is 6.26. The third kappa shape index (κ3) is 6.17. The van der Waals surface area contributed by atoms with Crippen LogP contribution in [0.25, 0.3) is 0 Å². The van der Waals surface area contributed by atoms with Crippen molar-refractivity contribution in [3.8, 4) is 0 Å². The minimum Gasteiger partial charge on any atom is -0.379 e.